The van der Waals surface area contributed by atoms with E-state index in [0.29, 0.717) is 11.3 Å². The van der Waals surface area contributed by atoms with Gasteiger partial charge in [0.2, 0.25) is 5.78 Å². The summed E-state index contributed by atoms with van der Waals surface area (Å²) in [7, 11) is 1.26. The number of nitro groups is 1. The van der Waals surface area contributed by atoms with Gasteiger partial charge in [0.25, 0.3) is 5.69 Å². The predicted octanol–water partition coefficient (Wildman–Crippen LogP) is 2.25. The van der Waals surface area contributed by atoms with Crippen molar-refractivity contribution in [2.24, 2.45) is 0 Å². The topological polar surface area (TPSA) is 102 Å². The van der Waals surface area contributed by atoms with Crippen LogP contribution < -0.4 is 0 Å². The Balaban J connectivity index is 2.32. The third-order valence-electron chi connectivity index (χ3n) is 3.01. The zero-order valence-corrected chi connectivity index (χ0v) is 11.4. The molecule has 1 aromatic heterocycles. The Hall–Kier alpha value is -2.96. The highest BCUT2D eigenvalue weighted by molar-refractivity contribution is 6.09. The van der Waals surface area contributed by atoms with Crippen molar-refractivity contribution in [3.63, 3.8) is 0 Å². The number of nitro benzene ring substituents is 1. The number of benzene rings is 1. The summed E-state index contributed by atoms with van der Waals surface area (Å²) < 4.78 is 4.61. The zero-order chi connectivity index (χ0) is 15.6. The molecule has 7 heteroatoms. The molecule has 0 unspecified atom stereocenters. The number of non-ortho nitro benzene ring substituents is 1. The van der Waals surface area contributed by atoms with Gasteiger partial charge in [0.05, 0.1) is 23.3 Å². The van der Waals surface area contributed by atoms with E-state index in [1.54, 1.807) is 6.92 Å². The molecule has 0 spiro atoms. The van der Waals surface area contributed by atoms with Crippen LogP contribution in [0.3, 0.4) is 0 Å². The van der Waals surface area contributed by atoms with Crippen LogP contribution in [0.25, 0.3) is 0 Å². The van der Waals surface area contributed by atoms with Gasteiger partial charge in [0, 0.05) is 23.4 Å². The van der Waals surface area contributed by atoms with Crippen LogP contribution in [0.2, 0.25) is 0 Å². The number of aryl methyl sites for hydroxylation is 1. The minimum Gasteiger partial charge on any atom is -0.465 e. The summed E-state index contributed by atoms with van der Waals surface area (Å²) >= 11 is 0. The SMILES string of the molecule is COC(=O)c1cc(C(=O)c2ccc([N+](=O)[O-])cc2)[nH]c1C. The Labute approximate surface area is 119 Å². The van der Waals surface area contributed by atoms with Gasteiger partial charge >= 0.3 is 5.97 Å². The summed E-state index contributed by atoms with van der Waals surface area (Å²) in [5.41, 5.74) is 1.22. The monoisotopic (exact) mass is 288 g/mol. The smallest absolute Gasteiger partial charge is 0.339 e. The minimum absolute atomic E-state index is 0.0931. The van der Waals surface area contributed by atoms with Crippen LogP contribution in [-0.4, -0.2) is 28.8 Å². The second kappa shape index (κ2) is 5.58. The van der Waals surface area contributed by atoms with Gasteiger partial charge in [-0.05, 0) is 25.1 Å². The fourth-order valence-corrected chi connectivity index (χ4v) is 1.89. The number of ether oxygens (including phenoxy) is 1. The number of rotatable bonds is 4. The highest BCUT2D eigenvalue weighted by Crippen LogP contribution is 2.17. The number of hydrogen-bond acceptors (Lipinski definition) is 5. The van der Waals surface area contributed by atoms with Crippen molar-refractivity contribution in [2.75, 3.05) is 7.11 Å². The molecule has 2 rings (SSSR count). The Kier molecular flexibility index (Phi) is 3.84. The summed E-state index contributed by atoms with van der Waals surface area (Å²) in [5, 5.41) is 10.6. The zero-order valence-electron chi connectivity index (χ0n) is 11.4. The first-order valence-corrected chi connectivity index (χ1v) is 6.01. The second-order valence-corrected chi connectivity index (χ2v) is 4.35. The molecule has 0 fully saturated rings. The molecular formula is C14H12N2O5. The molecule has 0 bridgehead atoms. The quantitative estimate of drug-likeness (QED) is 0.402. The minimum atomic E-state index is -0.539. The molecule has 2 aromatic rings. The first-order chi connectivity index (χ1) is 9.93. The van der Waals surface area contributed by atoms with Gasteiger partial charge < -0.3 is 9.72 Å². The molecule has 1 heterocycles. The van der Waals surface area contributed by atoms with Crippen LogP contribution >= 0.6 is 0 Å². The molecule has 0 atom stereocenters. The van der Waals surface area contributed by atoms with E-state index in [1.165, 1.54) is 37.4 Å². The number of nitrogens with zero attached hydrogens (tertiary/aromatic N) is 1. The number of aromatic nitrogens is 1. The molecule has 21 heavy (non-hydrogen) atoms. The molecule has 0 aliphatic rings. The first kappa shape index (κ1) is 14.4. The number of methoxy groups -OCH3 is 1. The molecule has 1 N–H and O–H groups in total. The highest BCUT2D eigenvalue weighted by atomic mass is 16.6. The third-order valence-corrected chi connectivity index (χ3v) is 3.01. The maximum absolute atomic E-state index is 12.3. The molecule has 0 radical (unpaired) electrons. The molecule has 0 saturated carbocycles. The summed E-state index contributed by atoms with van der Waals surface area (Å²) in [6.45, 7) is 1.65. The number of nitrogens with one attached hydrogen (secondary N) is 1. The number of carbonyl (C=O) groups excluding carboxylic acids is 2. The predicted molar refractivity (Wildman–Crippen MR) is 73.4 cm³/mol. The average molecular weight is 288 g/mol. The van der Waals surface area contributed by atoms with Gasteiger partial charge in [-0.1, -0.05) is 0 Å². The van der Waals surface area contributed by atoms with E-state index in [2.05, 4.69) is 9.72 Å². The lowest BCUT2D eigenvalue weighted by Gasteiger charge is -1.98. The molecule has 0 aliphatic heterocycles. The summed E-state index contributed by atoms with van der Waals surface area (Å²) in [6.07, 6.45) is 0. The lowest BCUT2D eigenvalue weighted by Crippen LogP contribution is -2.02. The number of ketones is 1. The fraction of sp³-hybridized carbons (Fsp3) is 0.143. The Morgan fingerprint density at radius 3 is 2.38 bits per heavy atom. The third kappa shape index (κ3) is 2.81. The molecule has 7 nitrogen and oxygen atoms in total. The van der Waals surface area contributed by atoms with Gasteiger partial charge in [-0.25, -0.2) is 4.79 Å². The van der Waals surface area contributed by atoms with E-state index in [1.807, 2.05) is 0 Å². The van der Waals surface area contributed by atoms with Gasteiger partial charge in [0.1, 0.15) is 0 Å². The molecule has 108 valence electrons. The Morgan fingerprint density at radius 2 is 1.86 bits per heavy atom. The van der Waals surface area contributed by atoms with Crippen molar-refractivity contribution in [3.8, 4) is 0 Å². The molecule has 1 aromatic carbocycles. The molecule has 0 aliphatic carbocycles. The normalized spacial score (nSPS) is 10.2. The van der Waals surface area contributed by atoms with Crippen LogP contribution in [0.4, 0.5) is 5.69 Å². The summed E-state index contributed by atoms with van der Waals surface area (Å²) in [6, 6.07) is 6.66. The van der Waals surface area contributed by atoms with E-state index in [4.69, 9.17) is 0 Å². The lowest BCUT2D eigenvalue weighted by atomic mass is 10.1. The van der Waals surface area contributed by atoms with E-state index < -0.39 is 10.9 Å². The van der Waals surface area contributed by atoms with Gasteiger partial charge in [-0.3, -0.25) is 14.9 Å². The summed E-state index contributed by atoms with van der Waals surface area (Å²) in [5.74, 6) is -0.894. The van der Waals surface area contributed by atoms with Crippen LogP contribution in [0.15, 0.2) is 30.3 Å². The average Bonchev–Trinajstić information content (AvgIpc) is 2.87. The van der Waals surface area contributed by atoms with E-state index in [9.17, 15) is 19.7 Å². The number of carbonyl (C=O) groups is 2. The second-order valence-electron chi connectivity index (χ2n) is 4.35. The van der Waals surface area contributed by atoms with Gasteiger partial charge in [-0.15, -0.1) is 0 Å². The van der Waals surface area contributed by atoms with Crippen molar-refractivity contribution < 1.29 is 19.2 Å². The van der Waals surface area contributed by atoms with E-state index >= 15 is 0 Å². The van der Waals surface area contributed by atoms with E-state index in [0.717, 1.165) is 0 Å². The van der Waals surface area contributed by atoms with E-state index in [-0.39, 0.29) is 22.7 Å². The fourth-order valence-electron chi connectivity index (χ4n) is 1.89. The van der Waals surface area contributed by atoms with Crippen LogP contribution in [-0.2, 0) is 4.74 Å². The molecular weight excluding hydrogens is 276 g/mol. The number of esters is 1. The number of aromatic amines is 1. The lowest BCUT2D eigenvalue weighted by molar-refractivity contribution is -0.384. The number of hydrogen-bond donors (Lipinski definition) is 1. The van der Waals surface area contributed by atoms with Crippen LogP contribution in [0.5, 0.6) is 0 Å². The Morgan fingerprint density at radius 1 is 1.24 bits per heavy atom. The number of H-pyrrole nitrogens is 1. The van der Waals surface area contributed by atoms with Crippen molar-refractivity contribution in [1.29, 1.82) is 0 Å². The maximum Gasteiger partial charge on any atom is 0.339 e. The van der Waals surface area contributed by atoms with Crippen molar-refractivity contribution in [2.45, 2.75) is 6.92 Å². The maximum atomic E-state index is 12.3. The molecule has 0 amide bonds. The van der Waals surface area contributed by atoms with Crippen molar-refractivity contribution in [1.82, 2.24) is 4.98 Å². The molecule has 0 saturated heterocycles. The van der Waals surface area contributed by atoms with Gasteiger partial charge in [-0.2, -0.15) is 0 Å². The standard InChI is InChI=1S/C14H12N2O5/c1-8-11(14(18)21-2)7-12(15-8)13(17)9-3-5-10(6-4-9)16(19)20/h3-7,15H,1-2H3. The largest absolute Gasteiger partial charge is 0.465 e. The van der Waals surface area contributed by atoms with Crippen LogP contribution in [0, 0.1) is 17.0 Å². The van der Waals surface area contributed by atoms with Crippen molar-refractivity contribution in [3.05, 3.63) is 63.0 Å². The first-order valence-electron chi connectivity index (χ1n) is 6.01. The van der Waals surface area contributed by atoms with Crippen LogP contribution in [0.1, 0.15) is 32.1 Å². The van der Waals surface area contributed by atoms with Gasteiger partial charge in [0.15, 0.2) is 0 Å². The summed E-state index contributed by atoms with van der Waals surface area (Å²) in [4.78, 5) is 36.6. The highest BCUT2D eigenvalue weighted by Gasteiger charge is 2.18. The van der Waals surface area contributed by atoms with Crippen molar-refractivity contribution >= 4 is 17.4 Å². The Bertz CT molecular complexity index is 715.